The molecule has 0 atom stereocenters. The summed E-state index contributed by atoms with van der Waals surface area (Å²) in [6.07, 6.45) is 5.98. The second kappa shape index (κ2) is 18.5. The van der Waals surface area contributed by atoms with Gasteiger partial charge in [-0.3, -0.25) is 13.9 Å². The monoisotopic (exact) mass is 942 g/mol. The zero-order valence-corrected chi connectivity index (χ0v) is 33.7. The van der Waals surface area contributed by atoms with Gasteiger partial charge in [-0.2, -0.15) is 17.6 Å². The molecule has 0 aliphatic carbocycles. The molecule has 5 rings (SSSR count). The number of para-hydroxylation sites is 1. The van der Waals surface area contributed by atoms with E-state index in [-0.39, 0.29) is 14.5 Å². The SMILES string of the molecule is O=P(O)(O)C(F)(F)c1ccc(CCCSc2ncccn2)cc1Br.O=c1[nH]c(SCCCc2ccc(C(F)(F)P(=O)(O)O)c(Br)c2)nc2ccccc12. The highest BCUT2D eigenvalue weighted by atomic mass is 79.9. The molecule has 0 aliphatic rings. The van der Waals surface area contributed by atoms with E-state index in [1.165, 1.54) is 47.8 Å². The second-order valence-electron chi connectivity index (χ2n) is 11.1. The van der Waals surface area contributed by atoms with Crippen molar-refractivity contribution in [3.63, 3.8) is 0 Å². The minimum absolute atomic E-state index is 0.0210. The largest absolute Gasteiger partial charge is 0.399 e. The van der Waals surface area contributed by atoms with E-state index < -0.39 is 37.6 Å². The van der Waals surface area contributed by atoms with Gasteiger partial charge in [0.25, 0.3) is 5.56 Å². The molecule has 53 heavy (non-hydrogen) atoms. The third-order valence-electron chi connectivity index (χ3n) is 7.27. The number of benzene rings is 3. The molecule has 11 nitrogen and oxygen atoms in total. The number of aryl methyl sites for hydroxylation is 2. The number of halogens is 6. The van der Waals surface area contributed by atoms with Gasteiger partial charge in [0.05, 0.1) is 10.9 Å². The van der Waals surface area contributed by atoms with Crippen LogP contribution < -0.4 is 5.56 Å². The summed E-state index contributed by atoms with van der Waals surface area (Å²) in [7, 11) is -11.2. The van der Waals surface area contributed by atoms with Gasteiger partial charge in [0, 0.05) is 44.0 Å². The van der Waals surface area contributed by atoms with Crippen LogP contribution in [-0.4, -0.2) is 51.0 Å². The molecule has 0 unspecified atom stereocenters. The first kappa shape index (κ1) is 43.3. The van der Waals surface area contributed by atoms with Gasteiger partial charge in [0.15, 0.2) is 10.3 Å². The second-order valence-corrected chi connectivity index (χ2v) is 18.3. The van der Waals surface area contributed by atoms with Crippen molar-refractivity contribution in [2.45, 2.75) is 47.3 Å². The summed E-state index contributed by atoms with van der Waals surface area (Å²) in [5, 5.41) is 1.70. The van der Waals surface area contributed by atoms with Gasteiger partial charge < -0.3 is 24.6 Å². The van der Waals surface area contributed by atoms with Gasteiger partial charge in [-0.1, -0.05) is 91.8 Å². The summed E-state index contributed by atoms with van der Waals surface area (Å²) in [5.41, 5.74) is -8.00. The van der Waals surface area contributed by atoms with E-state index in [9.17, 15) is 31.5 Å². The Morgan fingerprint density at radius 3 is 1.70 bits per heavy atom. The number of hydrogen-bond donors (Lipinski definition) is 5. The zero-order valence-electron chi connectivity index (χ0n) is 27.1. The van der Waals surface area contributed by atoms with Crippen molar-refractivity contribution < 1.29 is 46.3 Å². The number of nitrogens with one attached hydrogen (secondary N) is 1. The first-order valence-electron chi connectivity index (χ1n) is 15.3. The maximum Gasteiger partial charge on any atom is 0.399 e. The average molecular weight is 944 g/mol. The molecule has 2 heterocycles. The fourth-order valence-electron chi connectivity index (χ4n) is 4.61. The Labute approximate surface area is 325 Å². The van der Waals surface area contributed by atoms with Crippen LogP contribution in [0.5, 0.6) is 0 Å². The Balaban J connectivity index is 0.000000241. The number of rotatable bonds is 14. The molecular formula is C32H30Br2F4N4O7P2S2. The van der Waals surface area contributed by atoms with E-state index in [4.69, 9.17) is 19.6 Å². The number of alkyl halides is 4. The number of hydrogen-bond acceptors (Lipinski definition) is 8. The Bertz CT molecular complexity index is 2200. The molecule has 0 aliphatic heterocycles. The molecule has 0 fully saturated rings. The number of nitrogens with zero attached hydrogens (tertiary/aromatic N) is 3. The lowest BCUT2D eigenvalue weighted by atomic mass is 10.1. The van der Waals surface area contributed by atoms with Gasteiger partial charge in [0.1, 0.15) is 0 Å². The molecule has 0 bridgehead atoms. The lowest BCUT2D eigenvalue weighted by molar-refractivity contribution is 0.0557. The summed E-state index contributed by atoms with van der Waals surface area (Å²) in [6.45, 7) is 0. The van der Waals surface area contributed by atoms with Crippen molar-refractivity contribution in [1.82, 2.24) is 19.9 Å². The van der Waals surface area contributed by atoms with Crippen molar-refractivity contribution >= 4 is 81.5 Å². The van der Waals surface area contributed by atoms with Crippen LogP contribution in [0.1, 0.15) is 35.1 Å². The molecule has 5 N–H and O–H groups in total. The van der Waals surface area contributed by atoms with Crippen LogP contribution in [0.25, 0.3) is 10.9 Å². The van der Waals surface area contributed by atoms with Crippen LogP contribution in [0.2, 0.25) is 0 Å². The molecule has 0 spiro atoms. The fourth-order valence-corrected chi connectivity index (χ4v) is 8.83. The maximum absolute atomic E-state index is 13.9. The number of aromatic amines is 1. The third-order valence-corrected chi connectivity index (χ3v) is 12.4. The van der Waals surface area contributed by atoms with Gasteiger partial charge in [-0.25, -0.2) is 15.0 Å². The number of aromatic nitrogens is 4. The average Bonchev–Trinajstić information content (AvgIpc) is 3.08. The van der Waals surface area contributed by atoms with Crippen LogP contribution >= 0.6 is 70.6 Å². The van der Waals surface area contributed by atoms with Crippen LogP contribution in [0.15, 0.2) is 103 Å². The van der Waals surface area contributed by atoms with Crippen molar-refractivity contribution in [2.75, 3.05) is 11.5 Å². The predicted molar refractivity (Wildman–Crippen MR) is 203 cm³/mol. The van der Waals surface area contributed by atoms with E-state index in [2.05, 4.69) is 51.8 Å². The number of thioether (sulfide) groups is 2. The van der Waals surface area contributed by atoms with Crippen LogP contribution in [-0.2, 0) is 33.3 Å². The van der Waals surface area contributed by atoms with E-state index in [0.29, 0.717) is 46.2 Å². The van der Waals surface area contributed by atoms with Crippen LogP contribution in [0.3, 0.4) is 0 Å². The molecule has 0 radical (unpaired) electrons. The lowest BCUT2D eigenvalue weighted by Crippen LogP contribution is -2.14. The molecule has 21 heteroatoms. The third kappa shape index (κ3) is 11.5. The molecule has 2 aromatic heterocycles. The molecular weight excluding hydrogens is 914 g/mol. The molecule has 0 saturated carbocycles. The smallest absolute Gasteiger partial charge is 0.320 e. The summed E-state index contributed by atoms with van der Waals surface area (Å²) in [4.78, 5) is 62.7. The maximum atomic E-state index is 13.9. The molecule has 3 aromatic carbocycles. The highest BCUT2D eigenvalue weighted by Gasteiger charge is 2.52. The topological polar surface area (TPSA) is 187 Å². The Kier molecular flexibility index (Phi) is 15.1. The molecule has 0 saturated heterocycles. The van der Waals surface area contributed by atoms with Crippen molar-refractivity contribution in [3.8, 4) is 0 Å². The zero-order chi connectivity index (χ0) is 39.0. The van der Waals surface area contributed by atoms with Crippen LogP contribution in [0.4, 0.5) is 17.6 Å². The van der Waals surface area contributed by atoms with Gasteiger partial charge >= 0.3 is 26.5 Å². The van der Waals surface area contributed by atoms with E-state index in [0.717, 1.165) is 35.4 Å². The van der Waals surface area contributed by atoms with Gasteiger partial charge in [-0.15, -0.1) is 0 Å². The number of fused-ring (bicyclic) bond motifs is 1. The van der Waals surface area contributed by atoms with Crippen molar-refractivity contribution in [2.24, 2.45) is 0 Å². The molecule has 284 valence electrons. The van der Waals surface area contributed by atoms with Gasteiger partial charge in [-0.05, 0) is 67.1 Å². The Morgan fingerprint density at radius 1 is 0.717 bits per heavy atom. The highest BCUT2D eigenvalue weighted by molar-refractivity contribution is 9.10. The van der Waals surface area contributed by atoms with Crippen LogP contribution in [0, 0.1) is 0 Å². The van der Waals surface area contributed by atoms with E-state index in [1.54, 1.807) is 42.7 Å². The highest BCUT2D eigenvalue weighted by Crippen LogP contribution is 2.61. The fraction of sp³-hybridized carbons (Fsp3) is 0.250. The summed E-state index contributed by atoms with van der Waals surface area (Å²) >= 11 is 8.83. The van der Waals surface area contributed by atoms with Crippen molar-refractivity contribution in [1.29, 1.82) is 0 Å². The normalized spacial score (nSPS) is 12.4. The molecule has 5 aromatic rings. The van der Waals surface area contributed by atoms with Gasteiger partial charge in [0.2, 0.25) is 0 Å². The first-order chi connectivity index (χ1) is 24.8. The summed E-state index contributed by atoms with van der Waals surface area (Å²) in [5.74, 6) is 1.40. The standard InChI is InChI=1S/C18H16BrF2N2O4PS.C14H14BrF2N2O3PS/c19-14-10-11(7-8-13(14)18(20,21)28(25,26)27)4-3-9-29-17-22-15-6-2-1-5-12(15)16(24)23-17;15-12-9-10(3-1-8-24-13-18-6-2-7-19-13)4-5-11(12)14(16,17)23(20,21)22/h1-2,5-8,10H,3-4,9H2,(H,22,23,24)(H2,25,26,27);2,4-7,9H,1,3,8H2,(H2,20,21,22). The Morgan fingerprint density at radius 2 is 1.21 bits per heavy atom. The Hall–Kier alpha value is -2.44. The van der Waals surface area contributed by atoms with E-state index in [1.807, 2.05) is 0 Å². The predicted octanol–water partition coefficient (Wildman–Crippen LogP) is 8.83. The lowest BCUT2D eigenvalue weighted by Gasteiger charge is -2.19. The van der Waals surface area contributed by atoms with Crippen molar-refractivity contribution in [3.05, 3.63) is 121 Å². The summed E-state index contributed by atoms with van der Waals surface area (Å²) in [6, 6.07) is 16.6. The van der Waals surface area contributed by atoms with E-state index >= 15 is 0 Å². The summed E-state index contributed by atoms with van der Waals surface area (Å²) < 4.78 is 77.1. The quantitative estimate of drug-likeness (QED) is 0.0235. The number of H-pyrrole nitrogens is 1. The minimum atomic E-state index is -5.62. The minimum Gasteiger partial charge on any atom is -0.320 e. The molecule has 0 amide bonds. The first-order valence-corrected chi connectivity index (χ1v) is 22.1.